The minimum absolute atomic E-state index is 0.0390. The van der Waals surface area contributed by atoms with Crippen LogP contribution in [-0.2, 0) is 0 Å². The number of nitrogens with two attached hydrogens (primary N) is 1. The van der Waals surface area contributed by atoms with Gasteiger partial charge in [-0.25, -0.2) is 0 Å². The molecule has 0 fully saturated rings. The second-order valence-electron chi connectivity index (χ2n) is 4.98. The summed E-state index contributed by atoms with van der Waals surface area (Å²) < 4.78 is 5.54. The monoisotopic (exact) mass is 270 g/mol. The Hall–Kier alpha value is -2.36. The second-order valence-corrected chi connectivity index (χ2v) is 4.98. The van der Waals surface area contributed by atoms with Crippen LogP contribution in [0.1, 0.15) is 35.3 Å². The van der Waals surface area contributed by atoms with Crippen molar-refractivity contribution in [2.24, 2.45) is 0 Å². The van der Waals surface area contributed by atoms with Crippen LogP contribution in [0, 0.1) is 6.92 Å². The molecule has 2 aromatic rings. The maximum absolute atomic E-state index is 12.4. The number of pyridine rings is 1. The lowest BCUT2D eigenvalue weighted by atomic mass is 10.0. The molecule has 0 atom stereocenters. The largest absolute Gasteiger partial charge is 0.489 e. The molecule has 0 amide bonds. The lowest BCUT2D eigenvalue weighted by Gasteiger charge is -2.10. The van der Waals surface area contributed by atoms with Gasteiger partial charge in [-0.2, -0.15) is 0 Å². The Balaban J connectivity index is 2.30. The van der Waals surface area contributed by atoms with Crippen LogP contribution in [0.25, 0.3) is 0 Å². The van der Waals surface area contributed by atoms with Crippen LogP contribution in [0.4, 0.5) is 5.69 Å². The van der Waals surface area contributed by atoms with Crippen molar-refractivity contribution in [3.05, 3.63) is 53.3 Å². The number of hydrogen-bond donors (Lipinski definition) is 1. The van der Waals surface area contributed by atoms with Crippen molar-refractivity contribution in [1.82, 2.24) is 4.98 Å². The predicted molar refractivity (Wildman–Crippen MR) is 79.0 cm³/mol. The fraction of sp³-hybridized carbons (Fsp3) is 0.250. The second kappa shape index (κ2) is 5.74. The molecule has 1 heterocycles. The molecule has 1 aromatic heterocycles. The van der Waals surface area contributed by atoms with Crippen molar-refractivity contribution < 1.29 is 9.53 Å². The Morgan fingerprint density at radius 1 is 1.20 bits per heavy atom. The Morgan fingerprint density at radius 3 is 2.60 bits per heavy atom. The van der Waals surface area contributed by atoms with E-state index in [1.807, 2.05) is 26.8 Å². The van der Waals surface area contributed by atoms with Crippen molar-refractivity contribution >= 4 is 11.5 Å². The van der Waals surface area contributed by atoms with Crippen molar-refractivity contribution in [3.63, 3.8) is 0 Å². The molecule has 4 heteroatoms. The average Bonchev–Trinajstić information content (AvgIpc) is 2.40. The van der Waals surface area contributed by atoms with Gasteiger partial charge >= 0.3 is 0 Å². The number of carbonyl (C=O) groups excluding carboxylic acids is 1. The summed E-state index contributed by atoms with van der Waals surface area (Å²) in [7, 11) is 0. The Bertz CT molecular complexity index is 636. The molecule has 0 unspecified atom stereocenters. The van der Waals surface area contributed by atoms with Crippen LogP contribution in [0.3, 0.4) is 0 Å². The van der Waals surface area contributed by atoms with E-state index in [0.717, 1.165) is 5.56 Å². The molecule has 0 spiro atoms. The van der Waals surface area contributed by atoms with Gasteiger partial charge in [-0.1, -0.05) is 12.1 Å². The van der Waals surface area contributed by atoms with E-state index in [0.29, 0.717) is 22.6 Å². The summed E-state index contributed by atoms with van der Waals surface area (Å²) in [5, 5.41) is 0. The third kappa shape index (κ3) is 3.15. The summed E-state index contributed by atoms with van der Waals surface area (Å²) in [5.41, 5.74) is 8.45. The zero-order valence-corrected chi connectivity index (χ0v) is 11.9. The van der Waals surface area contributed by atoms with Gasteiger partial charge in [-0.15, -0.1) is 0 Å². The summed E-state index contributed by atoms with van der Waals surface area (Å²) in [6, 6.07) is 6.99. The molecule has 2 N–H and O–H groups in total. The quantitative estimate of drug-likeness (QED) is 0.685. The van der Waals surface area contributed by atoms with Gasteiger partial charge in [0.1, 0.15) is 5.75 Å². The molecule has 0 bridgehead atoms. The third-order valence-corrected chi connectivity index (χ3v) is 2.89. The Kier molecular flexibility index (Phi) is 4.03. The molecule has 20 heavy (non-hydrogen) atoms. The number of anilines is 1. The fourth-order valence-electron chi connectivity index (χ4n) is 1.83. The van der Waals surface area contributed by atoms with Gasteiger partial charge in [0.15, 0.2) is 5.78 Å². The first-order valence-electron chi connectivity index (χ1n) is 6.50. The Labute approximate surface area is 118 Å². The van der Waals surface area contributed by atoms with E-state index < -0.39 is 0 Å². The molecule has 4 nitrogen and oxygen atoms in total. The van der Waals surface area contributed by atoms with Crippen molar-refractivity contribution in [2.45, 2.75) is 26.9 Å². The van der Waals surface area contributed by atoms with E-state index in [1.165, 1.54) is 6.20 Å². The lowest BCUT2D eigenvalue weighted by molar-refractivity contribution is 0.103. The third-order valence-electron chi connectivity index (χ3n) is 2.89. The highest BCUT2D eigenvalue weighted by molar-refractivity contribution is 6.09. The highest BCUT2D eigenvalue weighted by atomic mass is 16.5. The highest BCUT2D eigenvalue weighted by Gasteiger charge is 2.12. The number of hydrogen-bond acceptors (Lipinski definition) is 4. The van der Waals surface area contributed by atoms with E-state index in [2.05, 4.69) is 4.98 Å². The number of rotatable bonds is 4. The van der Waals surface area contributed by atoms with Crippen LogP contribution in [0.2, 0.25) is 0 Å². The van der Waals surface area contributed by atoms with Gasteiger partial charge in [0, 0.05) is 23.0 Å². The summed E-state index contributed by atoms with van der Waals surface area (Å²) in [6.07, 6.45) is 3.17. The summed E-state index contributed by atoms with van der Waals surface area (Å²) in [6.45, 7) is 5.76. The minimum Gasteiger partial charge on any atom is -0.489 e. The predicted octanol–water partition coefficient (Wildman–Crippen LogP) is 2.99. The zero-order chi connectivity index (χ0) is 14.7. The van der Waals surface area contributed by atoms with Crippen LogP contribution < -0.4 is 10.5 Å². The number of ketones is 1. The van der Waals surface area contributed by atoms with Gasteiger partial charge in [0.05, 0.1) is 12.3 Å². The molecular weight excluding hydrogens is 252 g/mol. The molecule has 0 radical (unpaired) electrons. The van der Waals surface area contributed by atoms with Crippen LogP contribution in [-0.4, -0.2) is 16.9 Å². The summed E-state index contributed by atoms with van der Waals surface area (Å²) >= 11 is 0. The maximum atomic E-state index is 12.4. The van der Waals surface area contributed by atoms with E-state index in [-0.39, 0.29) is 11.9 Å². The molecule has 0 aliphatic heterocycles. The topological polar surface area (TPSA) is 65.2 Å². The van der Waals surface area contributed by atoms with E-state index in [9.17, 15) is 4.79 Å². The number of ether oxygens (including phenoxy) is 1. The molecule has 104 valence electrons. The van der Waals surface area contributed by atoms with E-state index in [1.54, 1.807) is 24.4 Å². The first kappa shape index (κ1) is 14.1. The smallest absolute Gasteiger partial charge is 0.194 e. The summed E-state index contributed by atoms with van der Waals surface area (Å²) in [5.74, 6) is 0.476. The lowest BCUT2D eigenvalue weighted by Crippen LogP contribution is -2.08. The molecule has 0 aliphatic rings. The number of nitrogen functional groups attached to an aromatic ring is 1. The van der Waals surface area contributed by atoms with Gasteiger partial charge in [0.25, 0.3) is 0 Å². The standard InChI is InChI=1S/C16H18N2O2/c1-10(2)20-14-6-13(8-18-9-14)16(19)12-5-4-11(3)15(17)7-12/h4-10H,17H2,1-3H3. The Morgan fingerprint density at radius 2 is 1.95 bits per heavy atom. The van der Waals surface area contributed by atoms with Gasteiger partial charge in [-0.3, -0.25) is 9.78 Å². The number of aryl methyl sites for hydroxylation is 1. The minimum atomic E-state index is -0.113. The fourth-order valence-corrected chi connectivity index (χ4v) is 1.83. The van der Waals surface area contributed by atoms with Gasteiger partial charge in [0.2, 0.25) is 0 Å². The molecular formula is C16H18N2O2. The van der Waals surface area contributed by atoms with Crippen molar-refractivity contribution in [1.29, 1.82) is 0 Å². The highest BCUT2D eigenvalue weighted by Crippen LogP contribution is 2.19. The van der Waals surface area contributed by atoms with E-state index >= 15 is 0 Å². The number of carbonyl (C=O) groups is 1. The number of aromatic nitrogens is 1. The number of benzene rings is 1. The van der Waals surface area contributed by atoms with Gasteiger partial charge < -0.3 is 10.5 Å². The first-order chi connectivity index (χ1) is 9.47. The van der Waals surface area contributed by atoms with Crippen LogP contribution in [0.15, 0.2) is 36.7 Å². The maximum Gasteiger partial charge on any atom is 0.194 e. The zero-order valence-electron chi connectivity index (χ0n) is 11.9. The molecule has 1 aromatic carbocycles. The van der Waals surface area contributed by atoms with E-state index in [4.69, 9.17) is 10.5 Å². The number of nitrogens with zero attached hydrogens (tertiary/aromatic N) is 1. The first-order valence-corrected chi connectivity index (χ1v) is 6.50. The molecule has 2 rings (SSSR count). The molecule has 0 saturated carbocycles. The van der Waals surface area contributed by atoms with Crippen LogP contribution in [0.5, 0.6) is 5.75 Å². The normalized spacial score (nSPS) is 10.6. The SMILES string of the molecule is Cc1ccc(C(=O)c2cncc(OC(C)C)c2)cc1N. The average molecular weight is 270 g/mol. The van der Waals surface area contributed by atoms with Crippen molar-refractivity contribution in [3.8, 4) is 5.75 Å². The van der Waals surface area contributed by atoms with Crippen LogP contribution >= 0.6 is 0 Å². The molecule has 0 saturated heterocycles. The summed E-state index contributed by atoms with van der Waals surface area (Å²) in [4.78, 5) is 16.4. The van der Waals surface area contributed by atoms with Crippen molar-refractivity contribution in [2.75, 3.05) is 5.73 Å². The van der Waals surface area contributed by atoms with Gasteiger partial charge in [-0.05, 0) is 38.5 Å². The molecule has 0 aliphatic carbocycles.